The highest BCUT2D eigenvalue weighted by molar-refractivity contribution is 5.96. The zero-order valence-electron chi connectivity index (χ0n) is 21.7. The zero-order chi connectivity index (χ0) is 26.4. The maximum atomic E-state index is 12.0. The molecule has 1 saturated carbocycles. The van der Waals surface area contributed by atoms with Gasteiger partial charge >= 0.3 is 5.97 Å². The largest absolute Gasteiger partial charge is 0.495 e. The maximum Gasteiger partial charge on any atom is 0.351 e. The molecule has 1 amide bonds. The molecule has 1 fully saturated rings. The SMILES string of the molecule is CCCc1c(OCCCOc2ccc(C(N)=O)c(OC)c2CC2CC2)ccc2c1OC(C(=O)OC)C=C2. The molecule has 0 aromatic heterocycles. The summed E-state index contributed by atoms with van der Waals surface area (Å²) in [5.41, 5.74) is 8.67. The van der Waals surface area contributed by atoms with Gasteiger partial charge in [-0.2, -0.15) is 0 Å². The normalized spacial score (nSPS) is 15.9. The van der Waals surface area contributed by atoms with Crippen LogP contribution < -0.4 is 24.7 Å². The van der Waals surface area contributed by atoms with Crippen LogP contribution in [-0.2, 0) is 22.4 Å². The molecule has 1 unspecified atom stereocenters. The van der Waals surface area contributed by atoms with Crippen LogP contribution in [0.3, 0.4) is 0 Å². The van der Waals surface area contributed by atoms with Crippen LogP contribution in [0.5, 0.6) is 23.0 Å². The van der Waals surface area contributed by atoms with E-state index in [0.29, 0.717) is 48.4 Å². The third-order valence-electron chi connectivity index (χ3n) is 6.56. The summed E-state index contributed by atoms with van der Waals surface area (Å²) < 4.78 is 28.6. The average Bonchev–Trinajstić information content (AvgIpc) is 3.73. The first-order chi connectivity index (χ1) is 18.0. The zero-order valence-corrected chi connectivity index (χ0v) is 21.7. The minimum absolute atomic E-state index is 0.371. The number of nitrogens with two attached hydrogens (primary N) is 1. The van der Waals surface area contributed by atoms with Gasteiger partial charge in [0.25, 0.3) is 5.91 Å². The first-order valence-electron chi connectivity index (χ1n) is 12.8. The van der Waals surface area contributed by atoms with E-state index in [2.05, 4.69) is 6.92 Å². The number of esters is 1. The quantitative estimate of drug-likeness (QED) is 0.313. The lowest BCUT2D eigenvalue weighted by Crippen LogP contribution is -2.28. The van der Waals surface area contributed by atoms with Gasteiger partial charge in [0.15, 0.2) is 0 Å². The fourth-order valence-electron chi connectivity index (χ4n) is 4.52. The number of hydrogen-bond donors (Lipinski definition) is 1. The van der Waals surface area contributed by atoms with Gasteiger partial charge in [-0.1, -0.05) is 19.4 Å². The molecule has 8 nitrogen and oxygen atoms in total. The number of hydrogen-bond acceptors (Lipinski definition) is 7. The third kappa shape index (κ3) is 6.18. The molecule has 0 bridgehead atoms. The molecule has 2 aromatic carbocycles. The number of rotatable bonds is 13. The second kappa shape index (κ2) is 12.0. The Labute approximate surface area is 217 Å². The summed E-state index contributed by atoms with van der Waals surface area (Å²) in [6, 6.07) is 7.33. The van der Waals surface area contributed by atoms with Gasteiger partial charge in [0.2, 0.25) is 6.10 Å². The molecule has 4 rings (SSSR count). The maximum absolute atomic E-state index is 12.0. The summed E-state index contributed by atoms with van der Waals surface area (Å²) in [7, 11) is 2.90. The highest BCUT2D eigenvalue weighted by atomic mass is 16.6. The molecule has 1 aliphatic carbocycles. The van der Waals surface area contributed by atoms with Crippen LogP contribution in [0.15, 0.2) is 30.3 Å². The lowest BCUT2D eigenvalue weighted by Gasteiger charge is -2.24. The Bertz CT molecular complexity index is 1170. The third-order valence-corrected chi connectivity index (χ3v) is 6.56. The van der Waals surface area contributed by atoms with E-state index < -0.39 is 18.0 Å². The van der Waals surface area contributed by atoms with Crippen molar-refractivity contribution >= 4 is 18.0 Å². The van der Waals surface area contributed by atoms with Crippen LogP contribution in [-0.4, -0.2) is 45.4 Å². The summed E-state index contributed by atoms with van der Waals surface area (Å²) in [6.45, 7) is 2.97. The van der Waals surface area contributed by atoms with Crippen LogP contribution in [0.4, 0.5) is 0 Å². The molecule has 198 valence electrons. The van der Waals surface area contributed by atoms with Crippen molar-refractivity contribution in [2.45, 2.75) is 51.6 Å². The minimum atomic E-state index is -0.764. The Morgan fingerprint density at radius 3 is 2.35 bits per heavy atom. The van der Waals surface area contributed by atoms with Crippen molar-refractivity contribution in [2.24, 2.45) is 11.7 Å². The monoisotopic (exact) mass is 509 g/mol. The molecular weight excluding hydrogens is 474 g/mol. The second-order valence-corrected chi connectivity index (χ2v) is 9.32. The summed E-state index contributed by atoms with van der Waals surface area (Å²) in [4.78, 5) is 23.9. The van der Waals surface area contributed by atoms with Crippen molar-refractivity contribution in [2.75, 3.05) is 27.4 Å². The van der Waals surface area contributed by atoms with Crippen LogP contribution in [0.25, 0.3) is 6.08 Å². The van der Waals surface area contributed by atoms with Crippen molar-refractivity contribution in [1.29, 1.82) is 0 Å². The van der Waals surface area contributed by atoms with E-state index in [1.165, 1.54) is 7.11 Å². The lowest BCUT2D eigenvalue weighted by atomic mass is 10.0. The molecular formula is C29H35NO7. The minimum Gasteiger partial charge on any atom is -0.495 e. The van der Waals surface area contributed by atoms with Gasteiger partial charge in [-0.15, -0.1) is 0 Å². The van der Waals surface area contributed by atoms with E-state index in [0.717, 1.165) is 54.5 Å². The molecule has 37 heavy (non-hydrogen) atoms. The van der Waals surface area contributed by atoms with Gasteiger partial charge in [0, 0.05) is 23.1 Å². The van der Waals surface area contributed by atoms with E-state index in [-0.39, 0.29) is 0 Å². The van der Waals surface area contributed by atoms with E-state index in [9.17, 15) is 9.59 Å². The molecule has 1 aliphatic heterocycles. The van der Waals surface area contributed by atoms with Crippen molar-refractivity contribution in [3.8, 4) is 23.0 Å². The Morgan fingerprint density at radius 2 is 1.73 bits per heavy atom. The molecule has 2 N–H and O–H groups in total. The first kappa shape index (κ1) is 26.4. The number of methoxy groups -OCH3 is 2. The summed E-state index contributed by atoms with van der Waals surface area (Å²) >= 11 is 0. The van der Waals surface area contributed by atoms with Gasteiger partial charge in [-0.05, 0) is 61.9 Å². The number of carbonyl (C=O) groups is 2. The van der Waals surface area contributed by atoms with Crippen LogP contribution in [0, 0.1) is 5.92 Å². The highest BCUT2D eigenvalue weighted by Gasteiger charge is 2.28. The Balaban J connectivity index is 1.40. The number of ether oxygens (including phenoxy) is 5. The van der Waals surface area contributed by atoms with Crippen LogP contribution in [0.2, 0.25) is 0 Å². The smallest absolute Gasteiger partial charge is 0.351 e. The molecule has 0 radical (unpaired) electrons. The van der Waals surface area contributed by atoms with Crippen LogP contribution >= 0.6 is 0 Å². The number of carbonyl (C=O) groups excluding carboxylic acids is 2. The molecule has 2 aliphatic rings. The van der Waals surface area contributed by atoms with E-state index in [1.54, 1.807) is 25.3 Å². The predicted octanol–water partition coefficient (Wildman–Crippen LogP) is 4.49. The van der Waals surface area contributed by atoms with Gasteiger partial charge in [-0.25, -0.2) is 4.79 Å². The van der Waals surface area contributed by atoms with E-state index in [1.807, 2.05) is 18.2 Å². The Morgan fingerprint density at radius 1 is 1.03 bits per heavy atom. The number of benzene rings is 2. The van der Waals surface area contributed by atoms with Crippen LogP contribution in [0.1, 0.15) is 59.7 Å². The molecule has 1 heterocycles. The Kier molecular flexibility index (Phi) is 8.58. The number of primary amides is 1. The summed E-state index contributed by atoms with van der Waals surface area (Å²) in [6.07, 6.45) is 8.25. The summed E-state index contributed by atoms with van der Waals surface area (Å²) in [5, 5.41) is 0. The lowest BCUT2D eigenvalue weighted by molar-refractivity contribution is -0.146. The molecule has 1 atom stereocenters. The van der Waals surface area contributed by atoms with Crippen molar-refractivity contribution < 1.29 is 33.3 Å². The number of amides is 1. The first-order valence-corrected chi connectivity index (χ1v) is 12.8. The fourth-order valence-corrected chi connectivity index (χ4v) is 4.52. The second-order valence-electron chi connectivity index (χ2n) is 9.32. The summed E-state index contributed by atoms with van der Waals surface area (Å²) in [5.74, 6) is 2.25. The van der Waals surface area contributed by atoms with Gasteiger partial charge in [0.05, 0.1) is 33.0 Å². The average molecular weight is 510 g/mol. The molecule has 0 spiro atoms. The van der Waals surface area contributed by atoms with E-state index >= 15 is 0 Å². The van der Waals surface area contributed by atoms with Crippen molar-refractivity contribution in [1.82, 2.24) is 0 Å². The van der Waals surface area contributed by atoms with E-state index in [4.69, 9.17) is 29.4 Å². The topological polar surface area (TPSA) is 106 Å². The Hall–Kier alpha value is -3.68. The standard InChI is InChI=1S/C29H35NO7/c1-4-6-20-23(12-9-19-10-13-25(29(32)34-3)37-26(19)20)35-15-5-16-36-24-14-11-21(28(30)31)27(33-2)22(24)17-18-7-8-18/h9-14,18,25H,4-8,15-17H2,1-3H3,(H2,30,31). The van der Waals surface area contributed by atoms with Crippen molar-refractivity contribution in [3.63, 3.8) is 0 Å². The molecule has 2 aromatic rings. The molecule has 0 saturated heterocycles. The van der Waals surface area contributed by atoms with Gasteiger partial charge in [0.1, 0.15) is 23.0 Å². The number of fused-ring (bicyclic) bond motifs is 1. The predicted molar refractivity (Wildman–Crippen MR) is 139 cm³/mol. The fraction of sp³-hybridized carbons (Fsp3) is 0.448. The van der Waals surface area contributed by atoms with Gasteiger partial charge in [-0.3, -0.25) is 4.79 Å². The van der Waals surface area contributed by atoms with Crippen molar-refractivity contribution in [3.05, 3.63) is 52.6 Å². The molecule has 8 heteroatoms. The van der Waals surface area contributed by atoms with Gasteiger partial charge < -0.3 is 29.4 Å². The highest BCUT2D eigenvalue weighted by Crippen LogP contribution is 2.41.